The first kappa shape index (κ1) is 13.3. The summed E-state index contributed by atoms with van der Waals surface area (Å²) in [6.45, 7) is 6.60. The number of thiocarbonyl (C=S) groups is 1. The summed E-state index contributed by atoms with van der Waals surface area (Å²) in [4.78, 5) is 3.87. The quantitative estimate of drug-likeness (QED) is 0.757. The lowest BCUT2D eigenvalue weighted by Crippen LogP contribution is -3.12. The van der Waals surface area contributed by atoms with Crippen LogP contribution < -0.4 is 10.2 Å². The van der Waals surface area contributed by atoms with Gasteiger partial charge in [-0.2, -0.15) is 0 Å². The highest BCUT2D eigenvalue weighted by molar-refractivity contribution is 7.80. The topological polar surface area (TPSA) is 19.7 Å². The maximum Gasteiger partial charge on any atom is 0.169 e. The Kier molecular flexibility index (Phi) is 4.55. The molecule has 18 heavy (non-hydrogen) atoms. The summed E-state index contributed by atoms with van der Waals surface area (Å²) >= 11 is 5.49. The number of rotatable bonds is 2. The van der Waals surface area contributed by atoms with Crippen molar-refractivity contribution in [2.24, 2.45) is 0 Å². The zero-order valence-corrected chi connectivity index (χ0v) is 12.0. The first-order valence-corrected chi connectivity index (χ1v) is 6.99. The monoisotopic (exact) mass is 264 g/mol. The SMILES string of the molecule is C[C@@H](NC(=S)N1CC[NH+](C)CC1)c1ccccc1. The van der Waals surface area contributed by atoms with E-state index in [9.17, 15) is 0 Å². The van der Waals surface area contributed by atoms with Crippen LogP contribution in [0.4, 0.5) is 0 Å². The molecule has 4 heteroatoms. The van der Waals surface area contributed by atoms with Gasteiger partial charge < -0.3 is 15.1 Å². The van der Waals surface area contributed by atoms with Gasteiger partial charge in [-0.1, -0.05) is 30.3 Å². The van der Waals surface area contributed by atoms with Crippen LogP contribution in [-0.2, 0) is 0 Å². The molecular weight excluding hydrogens is 242 g/mol. The molecule has 1 aliphatic rings. The van der Waals surface area contributed by atoms with Crippen molar-refractivity contribution >= 4 is 17.3 Å². The van der Waals surface area contributed by atoms with Crippen molar-refractivity contribution in [1.29, 1.82) is 0 Å². The lowest BCUT2D eigenvalue weighted by Gasteiger charge is -2.33. The second-order valence-corrected chi connectivity index (χ2v) is 5.41. The molecule has 1 aromatic carbocycles. The van der Waals surface area contributed by atoms with E-state index in [0.717, 1.165) is 18.2 Å². The molecule has 1 saturated heterocycles. The highest BCUT2D eigenvalue weighted by atomic mass is 32.1. The third kappa shape index (κ3) is 3.43. The maximum atomic E-state index is 5.49. The Labute approximate surface area is 115 Å². The first-order valence-electron chi connectivity index (χ1n) is 6.58. The van der Waals surface area contributed by atoms with Crippen molar-refractivity contribution in [3.8, 4) is 0 Å². The predicted molar refractivity (Wildman–Crippen MR) is 78.8 cm³/mol. The number of likely N-dealkylation sites (N-methyl/N-ethyl adjacent to an activating group) is 1. The van der Waals surface area contributed by atoms with E-state index in [1.165, 1.54) is 18.7 Å². The fourth-order valence-electron chi connectivity index (χ4n) is 2.19. The van der Waals surface area contributed by atoms with E-state index in [-0.39, 0.29) is 6.04 Å². The minimum Gasteiger partial charge on any atom is -0.356 e. The minimum absolute atomic E-state index is 0.269. The number of nitrogens with one attached hydrogen (secondary N) is 2. The summed E-state index contributed by atoms with van der Waals surface area (Å²) in [5, 5.41) is 4.32. The van der Waals surface area contributed by atoms with E-state index < -0.39 is 0 Å². The number of piperazine rings is 1. The van der Waals surface area contributed by atoms with E-state index >= 15 is 0 Å². The molecular formula is C14H22N3S+. The van der Waals surface area contributed by atoms with Crippen molar-refractivity contribution in [2.45, 2.75) is 13.0 Å². The number of hydrogen-bond donors (Lipinski definition) is 2. The molecule has 1 heterocycles. The minimum atomic E-state index is 0.269. The summed E-state index contributed by atoms with van der Waals surface area (Å²) in [6.07, 6.45) is 0. The molecule has 1 aromatic rings. The molecule has 0 amide bonds. The molecule has 0 aromatic heterocycles. The van der Waals surface area contributed by atoms with E-state index in [0.29, 0.717) is 0 Å². The summed E-state index contributed by atoms with van der Waals surface area (Å²) in [5.41, 5.74) is 1.28. The van der Waals surface area contributed by atoms with E-state index in [1.807, 2.05) is 6.07 Å². The van der Waals surface area contributed by atoms with Gasteiger partial charge in [0.15, 0.2) is 5.11 Å². The second-order valence-electron chi connectivity index (χ2n) is 5.03. The molecule has 0 bridgehead atoms. The van der Waals surface area contributed by atoms with E-state index in [4.69, 9.17) is 12.2 Å². The van der Waals surface area contributed by atoms with Crippen LogP contribution in [0.1, 0.15) is 18.5 Å². The van der Waals surface area contributed by atoms with Crippen LogP contribution in [0.15, 0.2) is 30.3 Å². The van der Waals surface area contributed by atoms with Gasteiger partial charge in [0.2, 0.25) is 0 Å². The van der Waals surface area contributed by atoms with Crippen LogP contribution in [0.2, 0.25) is 0 Å². The van der Waals surface area contributed by atoms with Crippen LogP contribution in [-0.4, -0.2) is 43.2 Å². The lowest BCUT2D eigenvalue weighted by atomic mass is 10.1. The molecule has 98 valence electrons. The Morgan fingerprint density at radius 1 is 1.28 bits per heavy atom. The summed E-state index contributed by atoms with van der Waals surface area (Å²) in [6, 6.07) is 10.7. The zero-order chi connectivity index (χ0) is 13.0. The van der Waals surface area contributed by atoms with Crippen molar-refractivity contribution in [2.75, 3.05) is 33.2 Å². The van der Waals surface area contributed by atoms with Crippen LogP contribution in [0.3, 0.4) is 0 Å². The predicted octanol–water partition coefficient (Wildman–Crippen LogP) is 0.452. The largest absolute Gasteiger partial charge is 0.356 e. The van der Waals surface area contributed by atoms with Gasteiger partial charge in [0.1, 0.15) is 0 Å². The standard InChI is InChI=1S/C14H21N3S/c1-12(13-6-4-3-5-7-13)15-14(18)17-10-8-16(2)9-11-17/h3-7,12H,8-11H2,1-2H3,(H,15,18)/p+1/t12-/m1/s1. The molecule has 0 unspecified atom stereocenters. The second kappa shape index (κ2) is 6.16. The van der Waals surface area contributed by atoms with Gasteiger partial charge in [-0.3, -0.25) is 0 Å². The molecule has 1 fully saturated rings. The highest BCUT2D eigenvalue weighted by Crippen LogP contribution is 2.11. The number of nitrogens with zero attached hydrogens (tertiary/aromatic N) is 1. The van der Waals surface area contributed by atoms with Gasteiger partial charge in [0.25, 0.3) is 0 Å². The van der Waals surface area contributed by atoms with Crippen molar-refractivity contribution < 1.29 is 4.90 Å². The fraction of sp³-hybridized carbons (Fsp3) is 0.500. The number of benzene rings is 1. The van der Waals surface area contributed by atoms with Gasteiger partial charge in [-0.05, 0) is 24.7 Å². The molecule has 2 N–H and O–H groups in total. The molecule has 0 aliphatic carbocycles. The van der Waals surface area contributed by atoms with E-state index in [2.05, 4.69) is 48.5 Å². The van der Waals surface area contributed by atoms with Crippen molar-refractivity contribution in [3.63, 3.8) is 0 Å². The van der Waals surface area contributed by atoms with Gasteiger partial charge in [0, 0.05) is 0 Å². The van der Waals surface area contributed by atoms with Crippen LogP contribution in [0.25, 0.3) is 0 Å². The van der Waals surface area contributed by atoms with Crippen LogP contribution in [0.5, 0.6) is 0 Å². The fourth-order valence-corrected chi connectivity index (χ4v) is 2.55. The van der Waals surface area contributed by atoms with Gasteiger partial charge >= 0.3 is 0 Å². The van der Waals surface area contributed by atoms with Crippen molar-refractivity contribution in [3.05, 3.63) is 35.9 Å². The van der Waals surface area contributed by atoms with Gasteiger partial charge in [-0.15, -0.1) is 0 Å². The first-order chi connectivity index (χ1) is 8.66. The lowest BCUT2D eigenvalue weighted by molar-refractivity contribution is -0.883. The Bertz CT molecular complexity index is 385. The molecule has 0 spiro atoms. The van der Waals surface area contributed by atoms with Crippen LogP contribution >= 0.6 is 12.2 Å². The number of hydrogen-bond acceptors (Lipinski definition) is 1. The maximum absolute atomic E-state index is 5.49. The molecule has 3 nitrogen and oxygen atoms in total. The molecule has 1 atom stereocenters. The third-order valence-corrected chi connectivity index (χ3v) is 3.92. The smallest absolute Gasteiger partial charge is 0.169 e. The Morgan fingerprint density at radius 3 is 2.50 bits per heavy atom. The van der Waals surface area contributed by atoms with Gasteiger partial charge in [0.05, 0.1) is 39.3 Å². The summed E-state index contributed by atoms with van der Waals surface area (Å²) in [7, 11) is 2.24. The Balaban J connectivity index is 1.87. The molecule has 1 aliphatic heterocycles. The Morgan fingerprint density at radius 2 is 1.89 bits per heavy atom. The molecule has 0 radical (unpaired) electrons. The molecule has 0 saturated carbocycles. The molecule has 2 rings (SSSR count). The normalized spacial score (nSPS) is 18.4. The van der Waals surface area contributed by atoms with Crippen molar-refractivity contribution in [1.82, 2.24) is 10.2 Å². The van der Waals surface area contributed by atoms with Crippen LogP contribution in [0, 0.1) is 0 Å². The zero-order valence-electron chi connectivity index (χ0n) is 11.1. The Hall–Kier alpha value is -1.13. The number of quaternary nitrogens is 1. The average molecular weight is 264 g/mol. The van der Waals surface area contributed by atoms with Gasteiger partial charge in [-0.25, -0.2) is 0 Å². The summed E-state index contributed by atoms with van der Waals surface area (Å²) in [5.74, 6) is 0. The highest BCUT2D eigenvalue weighted by Gasteiger charge is 2.19. The van der Waals surface area contributed by atoms with E-state index in [1.54, 1.807) is 4.90 Å². The summed E-state index contributed by atoms with van der Waals surface area (Å²) < 4.78 is 0. The third-order valence-electron chi connectivity index (χ3n) is 3.54. The average Bonchev–Trinajstić information content (AvgIpc) is 2.40.